The van der Waals surface area contributed by atoms with Crippen LogP contribution in [0.1, 0.15) is 45.4 Å². The number of hydrogen-bond acceptors (Lipinski definition) is 2. The summed E-state index contributed by atoms with van der Waals surface area (Å²) in [5.74, 6) is 0.460. The van der Waals surface area contributed by atoms with Crippen molar-refractivity contribution in [2.24, 2.45) is 0 Å². The van der Waals surface area contributed by atoms with E-state index in [1.807, 2.05) is 0 Å². The number of rotatable bonds is 0. The zero-order chi connectivity index (χ0) is 8.60. The molecule has 1 aliphatic carbocycles. The minimum atomic E-state index is 0.354. The van der Waals surface area contributed by atoms with E-state index in [9.17, 15) is 4.79 Å². The average molecular weight is 167 g/mol. The van der Waals surface area contributed by atoms with Gasteiger partial charge in [-0.25, -0.2) is 0 Å². The van der Waals surface area contributed by atoms with Gasteiger partial charge in [-0.2, -0.15) is 0 Å². The second kappa shape index (κ2) is 2.84. The lowest BCUT2D eigenvalue weighted by Crippen LogP contribution is -2.45. The number of nitrogens with one attached hydrogen (secondary N) is 1. The van der Waals surface area contributed by atoms with Crippen LogP contribution >= 0.6 is 0 Å². The molecule has 0 aromatic rings. The third-order valence-electron chi connectivity index (χ3n) is 3.37. The quantitative estimate of drug-likeness (QED) is 0.594. The SMILES string of the molecule is CC1CCC2(CCC(=O)CC2)N1. The molecule has 2 aliphatic rings. The van der Waals surface area contributed by atoms with E-state index in [4.69, 9.17) is 0 Å². The molecule has 0 aromatic heterocycles. The lowest BCUT2D eigenvalue weighted by molar-refractivity contribution is -0.121. The van der Waals surface area contributed by atoms with Gasteiger partial charge >= 0.3 is 0 Å². The third kappa shape index (κ3) is 1.40. The predicted molar refractivity (Wildman–Crippen MR) is 48.0 cm³/mol. The van der Waals surface area contributed by atoms with Crippen LogP contribution in [0, 0.1) is 0 Å². The standard InChI is InChI=1S/C10H17NO/c1-8-2-5-10(11-8)6-3-9(12)4-7-10/h8,11H,2-7H2,1H3. The van der Waals surface area contributed by atoms with Gasteiger partial charge in [-0.1, -0.05) is 0 Å². The van der Waals surface area contributed by atoms with Crippen LogP contribution in [0.25, 0.3) is 0 Å². The summed E-state index contributed by atoms with van der Waals surface area (Å²) in [6.07, 6.45) is 6.33. The molecule has 68 valence electrons. The Labute approximate surface area is 73.7 Å². The van der Waals surface area contributed by atoms with Crippen molar-refractivity contribution in [3.8, 4) is 0 Å². The van der Waals surface area contributed by atoms with Gasteiger partial charge in [0.05, 0.1) is 0 Å². The van der Waals surface area contributed by atoms with Gasteiger partial charge in [0, 0.05) is 24.4 Å². The monoisotopic (exact) mass is 167 g/mol. The minimum absolute atomic E-state index is 0.354. The number of ketones is 1. The first-order chi connectivity index (χ1) is 5.70. The molecule has 0 aromatic carbocycles. The fourth-order valence-corrected chi connectivity index (χ4v) is 2.56. The van der Waals surface area contributed by atoms with Crippen molar-refractivity contribution >= 4 is 5.78 Å². The Morgan fingerprint density at radius 3 is 2.50 bits per heavy atom. The molecular weight excluding hydrogens is 150 g/mol. The molecule has 0 amide bonds. The summed E-state index contributed by atoms with van der Waals surface area (Å²) >= 11 is 0. The van der Waals surface area contributed by atoms with Gasteiger partial charge in [-0.3, -0.25) is 4.79 Å². The van der Waals surface area contributed by atoms with E-state index in [0.29, 0.717) is 17.4 Å². The molecule has 0 bridgehead atoms. The molecule has 1 saturated heterocycles. The summed E-state index contributed by atoms with van der Waals surface area (Å²) in [6.45, 7) is 2.24. The smallest absolute Gasteiger partial charge is 0.133 e. The first-order valence-electron chi connectivity index (χ1n) is 5.00. The van der Waals surface area contributed by atoms with Gasteiger partial charge in [0.1, 0.15) is 5.78 Å². The van der Waals surface area contributed by atoms with Crippen molar-refractivity contribution in [2.75, 3.05) is 0 Å². The molecule has 12 heavy (non-hydrogen) atoms. The normalized spacial score (nSPS) is 34.4. The topological polar surface area (TPSA) is 29.1 Å². The van der Waals surface area contributed by atoms with Gasteiger partial charge in [0.25, 0.3) is 0 Å². The summed E-state index contributed by atoms with van der Waals surface area (Å²) in [4.78, 5) is 11.1. The lowest BCUT2D eigenvalue weighted by Gasteiger charge is -2.33. The molecule has 2 rings (SSSR count). The van der Waals surface area contributed by atoms with Crippen LogP contribution in [0.2, 0.25) is 0 Å². The zero-order valence-corrected chi connectivity index (χ0v) is 7.73. The Kier molecular flexibility index (Phi) is 1.95. The summed E-state index contributed by atoms with van der Waals surface area (Å²) in [5, 5.41) is 3.64. The molecular formula is C10H17NO. The molecule has 1 spiro atoms. The Morgan fingerprint density at radius 1 is 1.33 bits per heavy atom. The molecule has 1 N–H and O–H groups in total. The third-order valence-corrected chi connectivity index (χ3v) is 3.37. The Bertz CT molecular complexity index is 190. The van der Waals surface area contributed by atoms with Crippen LogP contribution in [0.5, 0.6) is 0 Å². The molecule has 1 heterocycles. The highest BCUT2D eigenvalue weighted by molar-refractivity contribution is 5.79. The fraction of sp³-hybridized carbons (Fsp3) is 0.900. The lowest BCUT2D eigenvalue weighted by atomic mass is 9.80. The van der Waals surface area contributed by atoms with Crippen molar-refractivity contribution in [2.45, 2.75) is 57.0 Å². The first-order valence-corrected chi connectivity index (χ1v) is 5.00. The fourth-order valence-electron chi connectivity index (χ4n) is 2.56. The zero-order valence-electron chi connectivity index (χ0n) is 7.73. The molecule has 0 radical (unpaired) electrons. The van der Waals surface area contributed by atoms with Gasteiger partial charge in [-0.15, -0.1) is 0 Å². The van der Waals surface area contributed by atoms with Crippen LogP contribution in [0.4, 0.5) is 0 Å². The van der Waals surface area contributed by atoms with Crippen LogP contribution in [0.15, 0.2) is 0 Å². The highest BCUT2D eigenvalue weighted by atomic mass is 16.1. The summed E-state index contributed by atoms with van der Waals surface area (Å²) in [5.41, 5.74) is 0.354. The van der Waals surface area contributed by atoms with Gasteiger partial charge < -0.3 is 5.32 Å². The number of carbonyl (C=O) groups excluding carboxylic acids is 1. The maximum absolute atomic E-state index is 11.1. The maximum atomic E-state index is 11.1. The van der Waals surface area contributed by atoms with E-state index in [1.54, 1.807) is 0 Å². The van der Waals surface area contributed by atoms with E-state index >= 15 is 0 Å². The Morgan fingerprint density at radius 2 is 2.00 bits per heavy atom. The highest BCUT2D eigenvalue weighted by Crippen LogP contribution is 2.35. The van der Waals surface area contributed by atoms with Gasteiger partial charge in [0.15, 0.2) is 0 Å². The van der Waals surface area contributed by atoms with E-state index in [-0.39, 0.29) is 0 Å². The summed E-state index contributed by atoms with van der Waals surface area (Å²) in [7, 11) is 0. The molecule has 1 unspecified atom stereocenters. The number of carbonyl (C=O) groups is 1. The van der Waals surface area contributed by atoms with E-state index in [1.165, 1.54) is 12.8 Å². The van der Waals surface area contributed by atoms with E-state index < -0.39 is 0 Å². The summed E-state index contributed by atoms with van der Waals surface area (Å²) < 4.78 is 0. The van der Waals surface area contributed by atoms with Gasteiger partial charge in [-0.05, 0) is 32.6 Å². The molecule has 1 atom stereocenters. The predicted octanol–water partition coefficient (Wildman–Crippen LogP) is 1.64. The van der Waals surface area contributed by atoms with E-state index in [0.717, 1.165) is 25.7 Å². The molecule has 2 heteroatoms. The van der Waals surface area contributed by atoms with Crippen molar-refractivity contribution in [1.29, 1.82) is 0 Å². The van der Waals surface area contributed by atoms with E-state index in [2.05, 4.69) is 12.2 Å². The van der Waals surface area contributed by atoms with Crippen molar-refractivity contribution in [3.63, 3.8) is 0 Å². The van der Waals surface area contributed by atoms with Crippen LogP contribution in [-0.2, 0) is 4.79 Å². The molecule has 2 fully saturated rings. The average Bonchev–Trinajstić information content (AvgIpc) is 2.40. The minimum Gasteiger partial charge on any atom is -0.309 e. The molecule has 1 saturated carbocycles. The van der Waals surface area contributed by atoms with Crippen LogP contribution < -0.4 is 5.32 Å². The second-order valence-electron chi connectivity index (χ2n) is 4.40. The van der Waals surface area contributed by atoms with Crippen molar-refractivity contribution in [1.82, 2.24) is 5.32 Å². The summed E-state index contributed by atoms with van der Waals surface area (Å²) in [6, 6.07) is 0.665. The Balaban J connectivity index is 1.99. The van der Waals surface area contributed by atoms with Gasteiger partial charge in [0.2, 0.25) is 0 Å². The van der Waals surface area contributed by atoms with Crippen molar-refractivity contribution < 1.29 is 4.79 Å². The van der Waals surface area contributed by atoms with Crippen LogP contribution in [0.3, 0.4) is 0 Å². The maximum Gasteiger partial charge on any atom is 0.133 e. The number of hydrogen-bond donors (Lipinski definition) is 1. The van der Waals surface area contributed by atoms with Crippen LogP contribution in [-0.4, -0.2) is 17.4 Å². The first kappa shape index (κ1) is 8.24. The Hall–Kier alpha value is -0.370. The largest absolute Gasteiger partial charge is 0.309 e. The number of Topliss-reactive ketones (excluding diaryl/α,β-unsaturated/α-hetero) is 1. The second-order valence-corrected chi connectivity index (χ2v) is 4.40. The molecule has 2 nitrogen and oxygen atoms in total. The molecule has 1 aliphatic heterocycles. The highest BCUT2D eigenvalue weighted by Gasteiger charge is 2.39. The van der Waals surface area contributed by atoms with Crippen molar-refractivity contribution in [3.05, 3.63) is 0 Å².